The molecule has 0 spiro atoms. The zero-order valence-electron chi connectivity index (χ0n) is 19.8. The molecule has 0 aromatic carbocycles. The summed E-state index contributed by atoms with van der Waals surface area (Å²) < 4.78 is 36.3. The molecular formula is C20H43NaO7S. The van der Waals surface area contributed by atoms with E-state index in [0.717, 1.165) is 12.8 Å². The Morgan fingerprint density at radius 2 is 1.07 bits per heavy atom. The van der Waals surface area contributed by atoms with E-state index in [2.05, 4.69) is 11.7 Å². The minimum absolute atomic E-state index is 0. The normalized spacial score (nSPS) is 11.8. The molecule has 0 amide bonds. The third-order valence-corrected chi connectivity index (χ3v) is 4.29. The van der Waals surface area contributed by atoms with E-state index in [-0.39, 0.29) is 37.0 Å². The van der Waals surface area contributed by atoms with Gasteiger partial charge in [-0.1, -0.05) is 96.8 Å². The van der Waals surface area contributed by atoms with Crippen LogP contribution in [0.5, 0.6) is 0 Å². The van der Waals surface area contributed by atoms with Gasteiger partial charge in [0.1, 0.15) is 0 Å². The Balaban J connectivity index is -0.000000429. The van der Waals surface area contributed by atoms with Crippen LogP contribution in [0.3, 0.4) is 0 Å². The van der Waals surface area contributed by atoms with E-state index in [9.17, 15) is 4.79 Å². The fourth-order valence-electron chi connectivity index (χ4n) is 2.89. The second-order valence-corrected chi connectivity index (χ2v) is 8.13. The van der Waals surface area contributed by atoms with Crippen molar-refractivity contribution in [2.45, 2.75) is 123 Å². The maximum atomic E-state index is 11.2. The van der Waals surface area contributed by atoms with Gasteiger partial charge in [-0.05, 0) is 13.3 Å². The molecule has 0 bridgehead atoms. The largest absolute Gasteiger partial charge is 1.00 e. The number of aliphatic hydroxyl groups is 1. The van der Waals surface area contributed by atoms with E-state index in [1.807, 2.05) is 0 Å². The first-order chi connectivity index (χ1) is 13.2. The van der Waals surface area contributed by atoms with Gasteiger partial charge in [0.2, 0.25) is 0 Å². The molecule has 1 atom stereocenters. The Kier molecular flexibility index (Phi) is 28.7. The Hall–Kier alpha value is 0.300. The first kappa shape index (κ1) is 33.9. The topological polar surface area (TPSA) is 121 Å². The maximum Gasteiger partial charge on any atom is 1.00 e. The van der Waals surface area contributed by atoms with Crippen LogP contribution >= 0.6 is 0 Å². The van der Waals surface area contributed by atoms with Gasteiger partial charge in [-0.2, -0.15) is 8.42 Å². The van der Waals surface area contributed by atoms with Gasteiger partial charge in [0, 0.05) is 6.42 Å². The summed E-state index contributed by atoms with van der Waals surface area (Å²) in [7, 11) is -4.67. The van der Waals surface area contributed by atoms with Gasteiger partial charge in [-0.25, -0.2) is 0 Å². The molecule has 0 aliphatic rings. The van der Waals surface area contributed by atoms with Gasteiger partial charge in [0.25, 0.3) is 0 Å². The fraction of sp³-hybridized carbons (Fsp3) is 0.950. The molecule has 1 unspecified atom stereocenters. The molecule has 172 valence electrons. The van der Waals surface area contributed by atoms with Crippen LogP contribution in [-0.2, 0) is 19.9 Å². The number of ether oxygens (including phenoxy) is 1. The second-order valence-electron chi connectivity index (χ2n) is 7.24. The van der Waals surface area contributed by atoms with Crippen LogP contribution in [0.15, 0.2) is 0 Å². The molecule has 7 nitrogen and oxygen atoms in total. The van der Waals surface area contributed by atoms with Crippen molar-refractivity contribution in [3.05, 3.63) is 0 Å². The fourth-order valence-corrected chi connectivity index (χ4v) is 2.89. The Morgan fingerprint density at radius 3 is 1.34 bits per heavy atom. The number of esters is 1. The van der Waals surface area contributed by atoms with Crippen LogP contribution in [0.25, 0.3) is 0 Å². The zero-order valence-corrected chi connectivity index (χ0v) is 21.6. The minimum Gasteiger partial charge on any atom is -1.00 e. The SMILES string of the molecule is CCCCCCCCCCCCCCCCCC(=O)OC(C)O.O=S(=O)(O)O.[H-].[Na+]. The summed E-state index contributed by atoms with van der Waals surface area (Å²) in [6, 6.07) is 0. The number of hydrogen-bond acceptors (Lipinski definition) is 5. The summed E-state index contributed by atoms with van der Waals surface area (Å²) in [4.78, 5) is 11.2. The van der Waals surface area contributed by atoms with Gasteiger partial charge in [0.05, 0.1) is 0 Å². The predicted octanol–water partition coefficient (Wildman–Crippen LogP) is 2.59. The molecule has 0 heterocycles. The van der Waals surface area contributed by atoms with Crippen molar-refractivity contribution in [1.82, 2.24) is 0 Å². The van der Waals surface area contributed by atoms with Gasteiger partial charge < -0.3 is 11.3 Å². The van der Waals surface area contributed by atoms with Crippen molar-refractivity contribution in [1.29, 1.82) is 0 Å². The third-order valence-electron chi connectivity index (χ3n) is 4.29. The molecule has 0 aliphatic heterocycles. The molecule has 0 saturated carbocycles. The van der Waals surface area contributed by atoms with E-state index in [1.165, 1.54) is 90.4 Å². The number of carbonyl (C=O) groups excluding carboxylic acids is 1. The van der Waals surface area contributed by atoms with Crippen LogP contribution in [-0.4, -0.2) is 34.9 Å². The summed E-state index contributed by atoms with van der Waals surface area (Å²) in [6.07, 6.45) is 19.3. The second kappa shape index (κ2) is 24.6. The van der Waals surface area contributed by atoms with E-state index < -0.39 is 16.7 Å². The minimum atomic E-state index is -4.67. The van der Waals surface area contributed by atoms with Crippen LogP contribution in [0, 0.1) is 0 Å². The smallest absolute Gasteiger partial charge is 1.00 e. The van der Waals surface area contributed by atoms with Crippen molar-refractivity contribution in [3.8, 4) is 0 Å². The molecule has 0 radical (unpaired) electrons. The standard InChI is InChI=1S/C20H40O3.Na.H2O4S.H/c1-3-4-5-6-7-8-9-10-11-12-13-14-15-16-17-18-20(22)23-19(2)21;;1-5(2,3)4;/h19,21H,3-18H2,1-2H3;;(H2,1,2,3,4);/q;+1;;-1. The zero-order chi connectivity index (χ0) is 21.7. The van der Waals surface area contributed by atoms with Crippen molar-refractivity contribution in [3.63, 3.8) is 0 Å². The summed E-state index contributed by atoms with van der Waals surface area (Å²) in [5.41, 5.74) is 0. The number of aliphatic hydroxyl groups excluding tert-OH is 1. The summed E-state index contributed by atoms with van der Waals surface area (Å²) in [5.74, 6) is -0.283. The third kappa shape index (κ3) is 43.1. The first-order valence-electron chi connectivity index (χ1n) is 10.7. The molecule has 9 heteroatoms. The van der Waals surface area contributed by atoms with Crippen molar-refractivity contribution in [2.24, 2.45) is 0 Å². The van der Waals surface area contributed by atoms with Gasteiger partial charge in [-0.15, -0.1) is 0 Å². The molecule has 0 saturated heterocycles. The number of unbranched alkanes of at least 4 members (excludes halogenated alkanes) is 14. The van der Waals surface area contributed by atoms with Gasteiger partial charge >= 0.3 is 45.9 Å². The Labute approximate surface area is 201 Å². The first-order valence-corrected chi connectivity index (χ1v) is 12.1. The molecule has 0 aromatic heterocycles. The van der Waals surface area contributed by atoms with Gasteiger partial charge in [-0.3, -0.25) is 13.9 Å². The maximum absolute atomic E-state index is 11.2. The van der Waals surface area contributed by atoms with Crippen molar-refractivity contribution in [2.75, 3.05) is 0 Å². The number of carbonyl (C=O) groups is 1. The van der Waals surface area contributed by atoms with Crippen LogP contribution in [0.1, 0.15) is 118 Å². The van der Waals surface area contributed by atoms with Crippen molar-refractivity contribution >= 4 is 16.4 Å². The number of rotatable bonds is 17. The monoisotopic (exact) mass is 450 g/mol. The van der Waals surface area contributed by atoms with Crippen molar-refractivity contribution < 1.29 is 63.1 Å². The molecule has 29 heavy (non-hydrogen) atoms. The molecule has 0 aromatic rings. The molecule has 0 aliphatic carbocycles. The molecule has 0 rings (SSSR count). The van der Waals surface area contributed by atoms with E-state index in [1.54, 1.807) is 0 Å². The van der Waals surface area contributed by atoms with Crippen LogP contribution in [0.2, 0.25) is 0 Å². The van der Waals surface area contributed by atoms with E-state index in [0.29, 0.717) is 6.42 Å². The summed E-state index contributed by atoms with van der Waals surface area (Å²) in [5, 5.41) is 8.91. The average Bonchev–Trinajstić information content (AvgIpc) is 2.56. The number of hydrogen-bond donors (Lipinski definition) is 3. The quantitative estimate of drug-likeness (QED) is 0.102. The Bertz CT molecular complexity index is 440. The summed E-state index contributed by atoms with van der Waals surface area (Å²) >= 11 is 0. The molecular weight excluding hydrogens is 407 g/mol. The van der Waals surface area contributed by atoms with Crippen LogP contribution < -0.4 is 29.6 Å². The van der Waals surface area contributed by atoms with E-state index in [4.69, 9.17) is 22.6 Å². The molecule has 0 fully saturated rings. The van der Waals surface area contributed by atoms with Gasteiger partial charge in [0.15, 0.2) is 6.29 Å². The van der Waals surface area contributed by atoms with E-state index >= 15 is 0 Å². The van der Waals surface area contributed by atoms with Crippen LogP contribution in [0.4, 0.5) is 0 Å². The Morgan fingerprint density at radius 1 is 0.793 bits per heavy atom. The predicted molar refractivity (Wildman–Crippen MR) is 113 cm³/mol. The average molecular weight is 451 g/mol. The molecule has 3 N–H and O–H groups in total. The summed E-state index contributed by atoms with van der Waals surface area (Å²) in [6.45, 7) is 3.73.